The summed E-state index contributed by atoms with van der Waals surface area (Å²) in [5.74, 6) is -1.06. The first-order valence-corrected chi connectivity index (χ1v) is 14.7. The fourth-order valence-electron chi connectivity index (χ4n) is 3.73. The Morgan fingerprint density at radius 3 is 1.95 bits per heavy atom. The molecule has 0 aliphatic rings. The quantitative estimate of drug-likeness (QED) is 0.256. The van der Waals surface area contributed by atoms with Crippen LogP contribution in [0.2, 0.25) is 0 Å². The van der Waals surface area contributed by atoms with E-state index in [9.17, 15) is 26.0 Å². The fourth-order valence-corrected chi connectivity index (χ4v) is 6.18. The average Bonchev–Trinajstić information content (AvgIpc) is 2.88. The molecule has 0 saturated heterocycles. The van der Waals surface area contributed by atoms with Crippen molar-refractivity contribution in [1.29, 1.82) is 0 Å². The van der Waals surface area contributed by atoms with Crippen molar-refractivity contribution in [2.75, 3.05) is 14.8 Å². The molecule has 202 valence electrons. The Kier molecular flexibility index (Phi) is 7.75. The maximum atomic E-state index is 13.2. The van der Waals surface area contributed by atoms with E-state index in [-0.39, 0.29) is 21.0 Å². The minimum atomic E-state index is -3.99. The van der Waals surface area contributed by atoms with Gasteiger partial charge in [-0.15, -0.1) is 0 Å². The van der Waals surface area contributed by atoms with Crippen LogP contribution in [0.5, 0.6) is 0 Å². The number of nitrogens with one attached hydrogen (secondary N) is 3. The maximum Gasteiger partial charge on any atom is 0.262 e. The highest BCUT2D eigenvalue weighted by atomic mass is 32.2. The third kappa shape index (κ3) is 6.62. The van der Waals surface area contributed by atoms with Crippen molar-refractivity contribution in [1.82, 2.24) is 0 Å². The first-order valence-electron chi connectivity index (χ1n) is 11.7. The molecule has 4 aromatic carbocycles. The van der Waals surface area contributed by atoms with Gasteiger partial charge in [0.25, 0.3) is 26.0 Å². The van der Waals surface area contributed by atoms with E-state index >= 15 is 0 Å². The summed E-state index contributed by atoms with van der Waals surface area (Å²) < 4.78 is 69.6. The standard InChI is InChI=1S/C28H26FN3O5S2/c1-18-4-5-19(2)26(16-18)32-39(36,37)27-17-21(7-6-20(27)3)28(33)30-23-12-14-25(15-13-23)38(34,35)31-24-10-8-22(29)9-11-24/h4-17,31-32H,1-3H3,(H,30,33). The van der Waals surface area contributed by atoms with Gasteiger partial charge in [0.15, 0.2) is 0 Å². The molecule has 8 nitrogen and oxygen atoms in total. The van der Waals surface area contributed by atoms with E-state index in [2.05, 4.69) is 14.8 Å². The summed E-state index contributed by atoms with van der Waals surface area (Å²) in [5, 5.41) is 2.65. The van der Waals surface area contributed by atoms with Gasteiger partial charge < -0.3 is 5.32 Å². The molecule has 4 rings (SSSR count). The Morgan fingerprint density at radius 2 is 1.28 bits per heavy atom. The van der Waals surface area contributed by atoms with Crippen molar-refractivity contribution >= 4 is 43.0 Å². The zero-order valence-corrected chi connectivity index (χ0v) is 23.0. The number of sulfonamides is 2. The van der Waals surface area contributed by atoms with Gasteiger partial charge in [-0.25, -0.2) is 21.2 Å². The van der Waals surface area contributed by atoms with E-state index in [1.807, 2.05) is 19.1 Å². The monoisotopic (exact) mass is 567 g/mol. The summed E-state index contributed by atoms with van der Waals surface area (Å²) in [6.07, 6.45) is 0. The number of aryl methyl sites for hydroxylation is 3. The van der Waals surface area contributed by atoms with Gasteiger partial charge in [0.05, 0.1) is 15.5 Å². The minimum absolute atomic E-state index is 0.0376. The lowest BCUT2D eigenvalue weighted by atomic mass is 10.1. The molecule has 4 aromatic rings. The lowest BCUT2D eigenvalue weighted by molar-refractivity contribution is 0.102. The average molecular weight is 568 g/mol. The SMILES string of the molecule is Cc1ccc(C)c(NS(=O)(=O)c2cc(C(=O)Nc3ccc(S(=O)(=O)Nc4ccc(F)cc4)cc3)ccc2C)c1. The van der Waals surface area contributed by atoms with Crippen LogP contribution in [0, 0.1) is 26.6 Å². The number of halogens is 1. The largest absolute Gasteiger partial charge is 0.322 e. The highest BCUT2D eigenvalue weighted by Gasteiger charge is 2.21. The zero-order valence-electron chi connectivity index (χ0n) is 21.3. The second-order valence-corrected chi connectivity index (χ2v) is 12.3. The van der Waals surface area contributed by atoms with Gasteiger partial charge in [-0.3, -0.25) is 14.2 Å². The third-order valence-corrected chi connectivity index (χ3v) is 8.80. The molecule has 0 aliphatic carbocycles. The molecule has 0 bridgehead atoms. The topological polar surface area (TPSA) is 121 Å². The zero-order chi connectivity index (χ0) is 28.4. The predicted octanol–water partition coefficient (Wildman–Crippen LogP) is 5.60. The Labute approximate surface area is 227 Å². The van der Waals surface area contributed by atoms with Gasteiger partial charge in [-0.05, 0) is 104 Å². The van der Waals surface area contributed by atoms with Crippen molar-refractivity contribution < 1.29 is 26.0 Å². The molecule has 0 aromatic heterocycles. The van der Waals surface area contributed by atoms with Gasteiger partial charge in [-0.2, -0.15) is 0 Å². The van der Waals surface area contributed by atoms with E-state index in [1.54, 1.807) is 26.0 Å². The summed E-state index contributed by atoms with van der Waals surface area (Å²) in [5.41, 5.74) is 3.19. The highest BCUT2D eigenvalue weighted by molar-refractivity contribution is 7.93. The fraction of sp³-hybridized carbons (Fsp3) is 0.107. The molecule has 0 radical (unpaired) electrons. The van der Waals surface area contributed by atoms with Crippen LogP contribution >= 0.6 is 0 Å². The molecule has 11 heteroatoms. The van der Waals surface area contributed by atoms with Gasteiger partial charge in [-0.1, -0.05) is 18.2 Å². The maximum absolute atomic E-state index is 13.2. The molecule has 3 N–H and O–H groups in total. The molecule has 0 unspecified atom stereocenters. The number of amides is 1. The Balaban J connectivity index is 1.51. The Bertz CT molecular complexity index is 1750. The summed E-state index contributed by atoms with van der Waals surface area (Å²) in [6, 6.07) is 20.1. The molecule has 0 spiro atoms. The number of rotatable bonds is 8. The van der Waals surface area contributed by atoms with Crippen LogP contribution in [0.1, 0.15) is 27.0 Å². The van der Waals surface area contributed by atoms with E-state index < -0.39 is 31.8 Å². The number of carbonyl (C=O) groups excluding carboxylic acids is 1. The second-order valence-electron chi connectivity index (χ2n) is 9.00. The molecule has 0 fully saturated rings. The van der Waals surface area contributed by atoms with E-state index in [0.717, 1.165) is 23.3 Å². The van der Waals surface area contributed by atoms with Crippen LogP contribution in [0.4, 0.5) is 21.5 Å². The van der Waals surface area contributed by atoms with Gasteiger partial charge in [0, 0.05) is 16.9 Å². The number of hydrogen-bond donors (Lipinski definition) is 3. The van der Waals surface area contributed by atoms with Crippen molar-refractivity contribution in [2.45, 2.75) is 30.6 Å². The smallest absolute Gasteiger partial charge is 0.262 e. The van der Waals surface area contributed by atoms with Crippen LogP contribution in [0.3, 0.4) is 0 Å². The molecule has 39 heavy (non-hydrogen) atoms. The first kappa shape index (κ1) is 27.8. The minimum Gasteiger partial charge on any atom is -0.322 e. The summed E-state index contributed by atoms with van der Waals surface area (Å²) in [6.45, 7) is 5.29. The lowest BCUT2D eigenvalue weighted by Gasteiger charge is -2.14. The van der Waals surface area contributed by atoms with Crippen LogP contribution in [0.25, 0.3) is 0 Å². The Hall–Kier alpha value is -4.22. The van der Waals surface area contributed by atoms with Crippen LogP contribution in [-0.2, 0) is 20.0 Å². The molecular weight excluding hydrogens is 541 g/mol. The molecule has 1 amide bonds. The number of anilines is 3. The number of benzene rings is 4. The van der Waals surface area contributed by atoms with Crippen molar-refractivity contribution in [3.05, 3.63) is 113 Å². The van der Waals surface area contributed by atoms with Gasteiger partial charge >= 0.3 is 0 Å². The Morgan fingerprint density at radius 1 is 0.667 bits per heavy atom. The molecule has 0 aliphatic heterocycles. The third-order valence-electron chi connectivity index (χ3n) is 5.90. The van der Waals surface area contributed by atoms with Crippen molar-refractivity contribution in [2.24, 2.45) is 0 Å². The number of hydrogen-bond acceptors (Lipinski definition) is 5. The van der Waals surface area contributed by atoms with E-state index in [4.69, 9.17) is 0 Å². The van der Waals surface area contributed by atoms with Crippen LogP contribution in [-0.4, -0.2) is 22.7 Å². The summed E-state index contributed by atoms with van der Waals surface area (Å²) >= 11 is 0. The van der Waals surface area contributed by atoms with Gasteiger partial charge in [0.1, 0.15) is 5.82 Å². The van der Waals surface area contributed by atoms with Crippen molar-refractivity contribution in [3.8, 4) is 0 Å². The molecule has 0 atom stereocenters. The molecule has 0 heterocycles. The molecular formula is C28H26FN3O5S2. The van der Waals surface area contributed by atoms with Crippen LogP contribution in [0.15, 0.2) is 94.7 Å². The van der Waals surface area contributed by atoms with Crippen molar-refractivity contribution in [3.63, 3.8) is 0 Å². The van der Waals surface area contributed by atoms with Gasteiger partial charge in [0.2, 0.25) is 0 Å². The highest BCUT2D eigenvalue weighted by Crippen LogP contribution is 2.25. The summed E-state index contributed by atoms with van der Waals surface area (Å²) in [7, 11) is -7.93. The molecule has 0 saturated carbocycles. The van der Waals surface area contributed by atoms with E-state index in [0.29, 0.717) is 16.9 Å². The lowest BCUT2D eigenvalue weighted by Crippen LogP contribution is -2.18. The van der Waals surface area contributed by atoms with Crippen LogP contribution < -0.4 is 14.8 Å². The second kappa shape index (κ2) is 10.9. The first-order chi connectivity index (χ1) is 18.3. The summed E-state index contributed by atoms with van der Waals surface area (Å²) in [4.78, 5) is 12.8. The number of carbonyl (C=O) groups is 1. The van der Waals surface area contributed by atoms with E-state index in [1.165, 1.54) is 48.5 Å². The normalized spacial score (nSPS) is 11.6. The predicted molar refractivity (Wildman–Crippen MR) is 150 cm³/mol.